The summed E-state index contributed by atoms with van der Waals surface area (Å²) in [4.78, 5) is 0. The molecule has 12 heavy (non-hydrogen) atoms. The molecule has 0 saturated heterocycles. The molecule has 1 aromatic carbocycles. The Balaban J connectivity index is 3.21. The molecule has 6 heteroatoms. The Kier molecular flexibility index (Phi) is 2.82. The molecule has 1 aromatic rings. The van der Waals surface area contributed by atoms with E-state index in [0.29, 0.717) is 0 Å². The number of hydrogen-bond acceptors (Lipinski definition) is 2. The summed E-state index contributed by atoms with van der Waals surface area (Å²) < 4.78 is 25.0. The number of benzene rings is 1. The van der Waals surface area contributed by atoms with Crippen molar-refractivity contribution < 1.29 is 18.8 Å². The molecule has 1 rings (SSSR count). The first-order valence-electron chi connectivity index (χ1n) is 3.03. The Morgan fingerprint density at radius 1 is 1.25 bits per heavy atom. The Labute approximate surface area is 76.1 Å². The van der Waals surface area contributed by atoms with E-state index in [0.717, 1.165) is 12.1 Å². The molecule has 0 bridgehead atoms. The molecule has 0 aromatic heterocycles. The quantitative estimate of drug-likeness (QED) is 0.548. The second kappa shape index (κ2) is 3.51. The molecule has 2 nitrogen and oxygen atoms in total. The highest BCUT2D eigenvalue weighted by Crippen LogP contribution is 2.15. The van der Waals surface area contributed by atoms with Gasteiger partial charge in [-0.15, -0.1) is 0 Å². The highest BCUT2D eigenvalue weighted by molar-refractivity contribution is 9.10. The third kappa shape index (κ3) is 1.82. The molecular formula is C6H4BBrF2O2. The van der Waals surface area contributed by atoms with Crippen molar-refractivity contribution in [2.45, 2.75) is 0 Å². The Hall–Kier alpha value is -0.455. The van der Waals surface area contributed by atoms with E-state index in [1.165, 1.54) is 0 Å². The lowest BCUT2D eigenvalue weighted by atomic mass is 9.80. The summed E-state index contributed by atoms with van der Waals surface area (Å²) in [5.41, 5.74) is -0.0965. The van der Waals surface area contributed by atoms with Crippen molar-refractivity contribution in [1.82, 2.24) is 0 Å². The summed E-state index contributed by atoms with van der Waals surface area (Å²) in [5.74, 6) is -2.16. The van der Waals surface area contributed by atoms with E-state index in [9.17, 15) is 8.78 Å². The number of rotatable bonds is 1. The maximum atomic E-state index is 12.6. The summed E-state index contributed by atoms with van der Waals surface area (Å²) in [5, 5.41) is 17.2. The fourth-order valence-corrected chi connectivity index (χ4v) is 1.18. The lowest BCUT2D eigenvalue weighted by molar-refractivity contribution is 0.424. The zero-order valence-electron chi connectivity index (χ0n) is 5.76. The lowest BCUT2D eigenvalue weighted by Crippen LogP contribution is -2.30. The first-order chi connectivity index (χ1) is 5.52. The molecule has 0 amide bonds. The van der Waals surface area contributed by atoms with Crippen molar-refractivity contribution >= 4 is 28.5 Å². The van der Waals surface area contributed by atoms with Crippen LogP contribution in [0.5, 0.6) is 0 Å². The smallest absolute Gasteiger partial charge is 0.423 e. The van der Waals surface area contributed by atoms with Gasteiger partial charge in [-0.25, -0.2) is 8.78 Å². The van der Waals surface area contributed by atoms with E-state index in [4.69, 9.17) is 10.0 Å². The van der Waals surface area contributed by atoms with Crippen LogP contribution in [0, 0.1) is 11.6 Å². The molecule has 0 unspecified atom stereocenters. The molecule has 0 spiro atoms. The Bertz CT molecular complexity index is 283. The predicted octanol–water partition coefficient (Wildman–Crippen LogP) is 0.407. The van der Waals surface area contributed by atoms with Crippen molar-refractivity contribution in [3.63, 3.8) is 0 Å². The second-order valence-electron chi connectivity index (χ2n) is 2.17. The fraction of sp³-hybridized carbons (Fsp3) is 0. The van der Waals surface area contributed by atoms with Crippen molar-refractivity contribution in [2.75, 3.05) is 0 Å². The predicted molar refractivity (Wildman–Crippen MR) is 43.9 cm³/mol. The molecule has 0 aliphatic rings. The van der Waals surface area contributed by atoms with E-state index in [2.05, 4.69) is 15.9 Å². The Morgan fingerprint density at radius 2 is 1.83 bits per heavy atom. The molecule has 0 heterocycles. The molecule has 0 atom stereocenters. The van der Waals surface area contributed by atoms with Gasteiger partial charge in [0.15, 0.2) is 11.6 Å². The lowest BCUT2D eigenvalue weighted by Gasteiger charge is -2.01. The normalized spacial score (nSPS) is 10.1. The zero-order valence-corrected chi connectivity index (χ0v) is 7.35. The van der Waals surface area contributed by atoms with Gasteiger partial charge in [-0.2, -0.15) is 0 Å². The average molecular weight is 237 g/mol. The topological polar surface area (TPSA) is 40.5 Å². The molecule has 0 aliphatic heterocycles. The van der Waals surface area contributed by atoms with Crippen LogP contribution in [0.2, 0.25) is 0 Å². The number of halogens is 3. The van der Waals surface area contributed by atoms with Crippen molar-refractivity contribution in [2.24, 2.45) is 0 Å². The summed E-state index contributed by atoms with van der Waals surface area (Å²) in [6.07, 6.45) is 0. The van der Waals surface area contributed by atoms with Crippen LogP contribution in [0.4, 0.5) is 8.78 Å². The van der Waals surface area contributed by atoms with Crippen LogP contribution in [0.15, 0.2) is 16.6 Å². The van der Waals surface area contributed by atoms with Crippen LogP contribution < -0.4 is 5.46 Å². The van der Waals surface area contributed by atoms with Gasteiger partial charge in [0, 0.05) is 0 Å². The van der Waals surface area contributed by atoms with E-state index in [1.807, 2.05) is 0 Å². The molecular weight excluding hydrogens is 233 g/mol. The summed E-state index contributed by atoms with van der Waals surface area (Å²) in [7, 11) is -1.80. The SMILES string of the molecule is OB(O)c1cc(F)c(F)c(Br)c1. The monoisotopic (exact) mass is 236 g/mol. The minimum Gasteiger partial charge on any atom is -0.423 e. The van der Waals surface area contributed by atoms with E-state index >= 15 is 0 Å². The van der Waals surface area contributed by atoms with Gasteiger partial charge in [0.1, 0.15) is 0 Å². The van der Waals surface area contributed by atoms with E-state index in [1.54, 1.807) is 0 Å². The highest BCUT2D eigenvalue weighted by atomic mass is 79.9. The first-order valence-corrected chi connectivity index (χ1v) is 3.82. The van der Waals surface area contributed by atoms with Gasteiger partial charge in [-0.3, -0.25) is 0 Å². The minimum atomic E-state index is -1.80. The third-order valence-electron chi connectivity index (χ3n) is 1.30. The average Bonchev–Trinajstić information content (AvgIpc) is 1.99. The van der Waals surface area contributed by atoms with Gasteiger partial charge < -0.3 is 10.0 Å². The molecule has 64 valence electrons. The Morgan fingerprint density at radius 3 is 2.25 bits per heavy atom. The maximum Gasteiger partial charge on any atom is 0.488 e. The molecule has 0 radical (unpaired) electrons. The molecule has 2 N–H and O–H groups in total. The van der Waals surface area contributed by atoms with Gasteiger partial charge in [0.2, 0.25) is 0 Å². The fourth-order valence-electron chi connectivity index (χ4n) is 0.724. The summed E-state index contributed by atoms with van der Waals surface area (Å²) in [6, 6.07) is 1.83. The van der Waals surface area contributed by atoms with Gasteiger partial charge in [-0.05, 0) is 33.5 Å². The third-order valence-corrected chi connectivity index (χ3v) is 1.88. The van der Waals surface area contributed by atoms with Crippen LogP contribution in [0.1, 0.15) is 0 Å². The standard InChI is InChI=1S/C6H4BBrF2O2/c8-4-1-3(7(11)12)2-5(9)6(4)10/h1-2,11-12H. The molecule has 0 aliphatic carbocycles. The second-order valence-corrected chi connectivity index (χ2v) is 3.03. The van der Waals surface area contributed by atoms with Crippen LogP contribution in [-0.4, -0.2) is 17.2 Å². The van der Waals surface area contributed by atoms with Crippen LogP contribution in [0.3, 0.4) is 0 Å². The van der Waals surface area contributed by atoms with Gasteiger partial charge in [0.25, 0.3) is 0 Å². The van der Waals surface area contributed by atoms with Gasteiger partial charge >= 0.3 is 7.12 Å². The first kappa shape index (κ1) is 9.63. The zero-order chi connectivity index (χ0) is 9.30. The van der Waals surface area contributed by atoms with Gasteiger partial charge in [-0.1, -0.05) is 0 Å². The van der Waals surface area contributed by atoms with Crippen LogP contribution in [-0.2, 0) is 0 Å². The van der Waals surface area contributed by atoms with E-state index < -0.39 is 18.8 Å². The minimum absolute atomic E-state index is 0.0965. The largest absolute Gasteiger partial charge is 0.488 e. The summed E-state index contributed by atoms with van der Waals surface area (Å²) >= 11 is 2.73. The summed E-state index contributed by atoms with van der Waals surface area (Å²) in [6.45, 7) is 0. The highest BCUT2D eigenvalue weighted by Gasteiger charge is 2.16. The van der Waals surface area contributed by atoms with E-state index in [-0.39, 0.29) is 9.94 Å². The van der Waals surface area contributed by atoms with Crippen molar-refractivity contribution in [3.05, 3.63) is 28.2 Å². The number of hydrogen-bond donors (Lipinski definition) is 2. The van der Waals surface area contributed by atoms with Crippen LogP contribution >= 0.6 is 15.9 Å². The van der Waals surface area contributed by atoms with Crippen molar-refractivity contribution in [3.8, 4) is 0 Å². The van der Waals surface area contributed by atoms with Crippen molar-refractivity contribution in [1.29, 1.82) is 0 Å². The maximum absolute atomic E-state index is 12.6. The molecule has 0 saturated carbocycles. The van der Waals surface area contributed by atoms with Gasteiger partial charge in [0.05, 0.1) is 4.47 Å². The van der Waals surface area contributed by atoms with Crippen LogP contribution in [0.25, 0.3) is 0 Å². The molecule has 0 fully saturated rings.